The Kier molecular flexibility index (Phi) is 7.40. The van der Waals surface area contributed by atoms with Gasteiger partial charge in [0.15, 0.2) is 0 Å². The van der Waals surface area contributed by atoms with E-state index in [1.807, 2.05) is 42.5 Å². The second kappa shape index (κ2) is 10.4. The Labute approximate surface area is 202 Å². The van der Waals surface area contributed by atoms with Crippen molar-refractivity contribution >= 4 is 46.5 Å². The van der Waals surface area contributed by atoms with Gasteiger partial charge in [-0.3, -0.25) is 19.3 Å². The van der Waals surface area contributed by atoms with Crippen molar-refractivity contribution in [1.82, 2.24) is 9.80 Å². The Morgan fingerprint density at radius 1 is 1.15 bits per heavy atom. The van der Waals surface area contributed by atoms with Gasteiger partial charge >= 0.3 is 0 Å². The molecule has 0 spiro atoms. The molecule has 0 radical (unpaired) electrons. The van der Waals surface area contributed by atoms with Gasteiger partial charge in [-0.1, -0.05) is 48.9 Å². The number of piperidine rings is 1. The first kappa shape index (κ1) is 23.4. The summed E-state index contributed by atoms with van der Waals surface area (Å²) in [6.07, 6.45) is 3.55. The summed E-state index contributed by atoms with van der Waals surface area (Å²) in [6.45, 7) is 3.62. The number of nitrogens with zero attached hydrogens (tertiary/aromatic N) is 2. The van der Waals surface area contributed by atoms with Crippen molar-refractivity contribution in [2.75, 3.05) is 19.6 Å². The van der Waals surface area contributed by atoms with Gasteiger partial charge in [-0.25, -0.2) is 0 Å². The van der Waals surface area contributed by atoms with Crippen LogP contribution in [0.5, 0.6) is 5.75 Å². The molecule has 172 valence electrons. The Morgan fingerprint density at radius 2 is 1.91 bits per heavy atom. The molecule has 6 nitrogen and oxygen atoms in total. The molecule has 0 aliphatic carbocycles. The van der Waals surface area contributed by atoms with Crippen LogP contribution in [0.25, 0.3) is 6.08 Å². The molecular weight excluding hydrogens is 460 g/mol. The molecule has 2 aliphatic rings. The lowest BCUT2D eigenvalue weighted by atomic mass is 9.99. The molecule has 0 aromatic heterocycles. The molecule has 8 heteroatoms. The Bertz CT molecular complexity index is 1100. The Balaban J connectivity index is 1.40. The van der Waals surface area contributed by atoms with E-state index in [1.54, 1.807) is 17.0 Å². The fourth-order valence-electron chi connectivity index (χ4n) is 3.75. The zero-order valence-electron chi connectivity index (χ0n) is 18.3. The topological polar surface area (TPSA) is 66.9 Å². The van der Waals surface area contributed by atoms with E-state index in [4.69, 9.17) is 16.3 Å². The zero-order valence-corrected chi connectivity index (χ0v) is 19.9. The molecule has 2 heterocycles. The molecule has 0 N–H and O–H groups in total. The molecule has 2 fully saturated rings. The summed E-state index contributed by atoms with van der Waals surface area (Å²) in [7, 11) is 0. The summed E-state index contributed by atoms with van der Waals surface area (Å²) in [4.78, 5) is 40.9. The van der Waals surface area contributed by atoms with Gasteiger partial charge in [-0.15, -0.1) is 0 Å². The highest BCUT2D eigenvalue weighted by atomic mass is 35.5. The number of imide groups is 1. The number of amides is 3. The van der Waals surface area contributed by atoms with Crippen molar-refractivity contribution in [3.63, 3.8) is 0 Å². The van der Waals surface area contributed by atoms with E-state index >= 15 is 0 Å². The van der Waals surface area contributed by atoms with Crippen molar-refractivity contribution in [2.45, 2.75) is 26.4 Å². The minimum Gasteiger partial charge on any atom is -0.489 e. The molecule has 2 aliphatic heterocycles. The largest absolute Gasteiger partial charge is 0.489 e. The summed E-state index contributed by atoms with van der Waals surface area (Å²) in [5, 5.41) is 0.215. The van der Waals surface area contributed by atoms with E-state index in [0.29, 0.717) is 41.3 Å². The quantitative estimate of drug-likeness (QED) is 0.526. The van der Waals surface area contributed by atoms with E-state index in [2.05, 4.69) is 6.92 Å². The van der Waals surface area contributed by atoms with E-state index in [0.717, 1.165) is 40.6 Å². The summed E-state index contributed by atoms with van der Waals surface area (Å²) < 4.78 is 5.84. The predicted octanol–water partition coefficient (Wildman–Crippen LogP) is 5.21. The molecule has 0 bridgehead atoms. The molecule has 4 rings (SSSR count). The number of ether oxygens (including phenoxy) is 1. The Morgan fingerprint density at radius 3 is 2.67 bits per heavy atom. The molecule has 2 aromatic rings. The average molecular weight is 485 g/mol. The highest BCUT2D eigenvalue weighted by molar-refractivity contribution is 8.18. The van der Waals surface area contributed by atoms with E-state index in [1.165, 1.54) is 0 Å². The van der Waals surface area contributed by atoms with Gasteiger partial charge in [0.1, 0.15) is 18.9 Å². The van der Waals surface area contributed by atoms with E-state index in [-0.39, 0.29) is 12.5 Å². The third kappa shape index (κ3) is 5.78. The summed E-state index contributed by atoms with van der Waals surface area (Å²) in [5.41, 5.74) is 1.60. The zero-order chi connectivity index (χ0) is 23.4. The lowest BCUT2D eigenvalue weighted by Gasteiger charge is -2.31. The maximum absolute atomic E-state index is 12.8. The molecule has 33 heavy (non-hydrogen) atoms. The van der Waals surface area contributed by atoms with Gasteiger partial charge in [-0.05, 0) is 60.4 Å². The van der Waals surface area contributed by atoms with Crippen molar-refractivity contribution < 1.29 is 19.1 Å². The lowest BCUT2D eigenvalue weighted by molar-refractivity contribution is -0.136. The average Bonchev–Trinajstić information content (AvgIpc) is 3.06. The number of benzene rings is 2. The summed E-state index contributed by atoms with van der Waals surface area (Å²) in [6, 6.07) is 14.7. The molecule has 0 unspecified atom stereocenters. The standard InChI is InChI=1S/C25H25ClN2O4S/c1-17-9-11-27(12-10-17)23(29)15-28-24(30)22(33-25(28)31)14-18-5-4-7-20(13-18)32-16-19-6-2-3-8-21(19)26/h2-8,13-14,17H,9-12,15-16H2,1H3/b22-14+. The summed E-state index contributed by atoms with van der Waals surface area (Å²) >= 11 is 7.03. The van der Waals surface area contributed by atoms with Crippen LogP contribution in [0.3, 0.4) is 0 Å². The second-order valence-corrected chi connectivity index (χ2v) is 9.68. The predicted molar refractivity (Wildman–Crippen MR) is 130 cm³/mol. The van der Waals surface area contributed by atoms with E-state index in [9.17, 15) is 14.4 Å². The van der Waals surface area contributed by atoms with Crippen LogP contribution in [-0.2, 0) is 16.2 Å². The number of likely N-dealkylation sites (tertiary alicyclic amines) is 1. The summed E-state index contributed by atoms with van der Waals surface area (Å²) in [5.74, 6) is 0.600. The molecule has 0 saturated carbocycles. The first-order valence-electron chi connectivity index (χ1n) is 10.9. The van der Waals surface area contributed by atoms with Gasteiger partial charge in [0, 0.05) is 23.7 Å². The number of rotatable bonds is 6. The van der Waals surface area contributed by atoms with Crippen LogP contribution in [0.1, 0.15) is 30.9 Å². The van der Waals surface area contributed by atoms with Gasteiger partial charge < -0.3 is 9.64 Å². The van der Waals surface area contributed by atoms with Crippen molar-refractivity contribution in [2.24, 2.45) is 5.92 Å². The van der Waals surface area contributed by atoms with Crippen LogP contribution in [0.15, 0.2) is 53.4 Å². The number of thioether (sulfide) groups is 1. The molecule has 2 saturated heterocycles. The van der Waals surface area contributed by atoms with Crippen molar-refractivity contribution in [3.05, 3.63) is 69.6 Å². The van der Waals surface area contributed by atoms with Crippen molar-refractivity contribution in [1.29, 1.82) is 0 Å². The number of halogens is 1. The van der Waals surface area contributed by atoms with Gasteiger partial charge in [-0.2, -0.15) is 0 Å². The first-order valence-corrected chi connectivity index (χ1v) is 12.1. The molecule has 0 atom stereocenters. The molecule has 3 amide bonds. The number of carbonyl (C=O) groups excluding carboxylic acids is 3. The highest BCUT2D eigenvalue weighted by Crippen LogP contribution is 2.33. The van der Waals surface area contributed by atoms with Gasteiger partial charge in [0.2, 0.25) is 5.91 Å². The minimum atomic E-state index is -0.439. The maximum Gasteiger partial charge on any atom is 0.294 e. The Hall–Kier alpha value is -2.77. The van der Waals surface area contributed by atoms with Crippen LogP contribution in [0.4, 0.5) is 4.79 Å². The molecular formula is C25H25ClN2O4S. The van der Waals surface area contributed by atoms with E-state index < -0.39 is 11.1 Å². The fourth-order valence-corrected chi connectivity index (χ4v) is 4.78. The monoisotopic (exact) mass is 484 g/mol. The highest BCUT2D eigenvalue weighted by Gasteiger charge is 2.37. The third-order valence-electron chi connectivity index (χ3n) is 5.81. The van der Waals surface area contributed by atoms with Gasteiger partial charge in [0.25, 0.3) is 11.1 Å². The van der Waals surface area contributed by atoms with Crippen LogP contribution in [0.2, 0.25) is 5.02 Å². The van der Waals surface area contributed by atoms with Crippen LogP contribution in [0, 0.1) is 5.92 Å². The lowest BCUT2D eigenvalue weighted by Crippen LogP contribution is -2.45. The van der Waals surface area contributed by atoms with Crippen LogP contribution >= 0.6 is 23.4 Å². The first-order chi connectivity index (χ1) is 15.9. The number of hydrogen-bond donors (Lipinski definition) is 0. The fraction of sp³-hybridized carbons (Fsp3) is 0.320. The minimum absolute atomic E-state index is 0.180. The number of carbonyl (C=O) groups is 3. The van der Waals surface area contributed by atoms with Crippen molar-refractivity contribution in [3.8, 4) is 5.75 Å². The maximum atomic E-state index is 12.8. The number of hydrogen-bond acceptors (Lipinski definition) is 5. The smallest absolute Gasteiger partial charge is 0.294 e. The van der Waals surface area contributed by atoms with Crippen LogP contribution < -0.4 is 4.74 Å². The second-order valence-electron chi connectivity index (χ2n) is 8.28. The van der Waals surface area contributed by atoms with Gasteiger partial charge in [0.05, 0.1) is 4.91 Å². The SMILES string of the molecule is CC1CCN(C(=O)CN2C(=O)S/C(=C/c3cccc(OCc4ccccc4Cl)c3)C2=O)CC1. The molecule has 2 aromatic carbocycles. The third-order valence-corrected chi connectivity index (χ3v) is 7.09. The van der Waals surface area contributed by atoms with Crippen LogP contribution in [-0.4, -0.2) is 46.5 Å². The normalized spacial score (nSPS) is 18.3.